The number of fused-ring (bicyclic) bond motifs is 1. The number of halogens is 1. The molecule has 1 saturated heterocycles. The third-order valence-electron chi connectivity index (χ3n) is 7.92. The number of likely N-dealkylation sites (tertiary alicyclic amines) is 1. The third-order valence-corrected chi connectivity index (χ3v) is 7.92. The largest absolute Gasteiger partial charge is 0.354 e. The van der Waals surface area contributed by atoms with Crippen LogP contribution in [0, 0.1) is 11.7 Å². The number of aldehydes is 1. The molecule has 0 radical (unpaired) electrons. The Balaban J connectivity index is 1.49. The smallest absolute Gasteiger partial charge is 0.280 e. The molecule has 1 aromatic heterocycles. The number of hydrogen-bond acceptors (Lipinski definition) is 4. The number of hydrogen-bond donors (Lipinski definition) is 2. The normalized spacial score (nSPS) is 22.5. The van der Waals surface area contributed by atoms with E-state index in [4.69, 9.17) is 0 Å². The Bertz CT molecular complexity index is 1420. The molecule has 8 nitrogen and oxygen atoms in total. The first-order valence-corrected chi connectivity index (χ1v) is 13.9. The first-order valence-electron chi connectivity index (χ1n) is 13.9. The molecule has 2 amide bonds. The van der Waals surface area contributed by atoms with Gasteiger partial charge in [0.2, 0.25) is 11.5 Å². The minimum absolute atomic E-state index is 0.0262. The van der Waals surface area contributed by atoms with Crippen LogP contribution in [0.1, 0.15) is 74.3 Å². The van der Waals surface area contributed by atoms with Crippen molar-refractivity contribution < 1.29 is 18.8 Å². The molecule has 1 atom stereocenters. The van der Waals surface area contributed by atoms with Crippen LogP contribution >= 0.6 is 0 Å². The second-order valence-corrected chi connectivity index (χ2v) is 11.1. The Morgan fingerprint density at radius 2 is 1.85 bits per heavy atom. The van der Waals surface area contributed by atoms with Crippen molar-refractivity contribution in [3.8, 4) is 0 Å². The number of aromatic amines is 1. The maximum absolute atomic E-state index is 13.4. The SMILES string of the molecule is CC(C)NC(=O)[C@H]1CC[C@@H](n2/c(=N/C(=O)c3ccc(F)cc3)[nH]c3ccc(CN4CCC[C@@H]4C=O)cc32)CC1. The van der Waals surface area contributed by atoms with E-state index in [1.807, 2.05) is 26.0 Å². The van der Waals surface area contributed by atoms with Crippen molar-refractivity contribution in [3.63, 3.8) is 0 Å². The van der Waals surface area contributed by atoms with Crippen LogP contribution in [0.15, 0.2) is 47.5 Å². The van der Waals surface area contributed by atoms with Crippen LogP contribution in [0.2, 0.25) is 0 Å². The van der Waals surface area contributed by atoms with E-state index in [1.165, 1.54) is 24.3 Å². The number of nitrogens with one attached hydrogen (secondary N) is 2. The number of H-pyrrole nitrogens is 1. The lowest BCUT2D eigenvalue weighted by atomic mass is 9.85. The van der Waals surface area contributed by atoms with Gasteiger partial charge in [-0.3, -0.25) is 14.5 Å². The van der Waals surface area contributed by atoms with Crippen LogP contribution in [-0.4, -0.2) is 51.2 Å². The quantitative estimate of drug-likeness (QED) is 0.443. The van der Waals surface area contributed by atoms with Gasteiger partial charge in [0.1, 0.15) is 12.1 Å². The minimum atomic E-state index is -0.452. The summed E-state index contributed by atoms with van der Waals surface area (Å²) in [4.78, 5) is 47.1. The van der Waals surface area contributed by atoms with Crippen LogP contribution < -0.4 is 10.9 Å². The fourth-order valence-electron chi connectivity index (χ4n) is 5.92. The van der Waals surface area contributed by atoms with Crippen LogP contribution in [0.5, 0.6) is 0 Å². The van der Waals surface area contributed by atoms with Gasteiger partial charge in [-0.1, -0.05) is 6.07 Å². The molecule has 0 spiro atoms. The highest BCUT2D eigenvalue weighted by Crippen LogP contribution is 2.34. The maximum Gasteiger partial charge on any atom is 0.280 e. The van der Waals surface area contributed by atoms with E-state index in [9.17, 15) is 18.8 Å². The summed E-state index contributed by atoms with van der Waals surface area (Å²) < 4.78 is 15.5. The summed E-state index contributed by atoms with van der Waals surface area (Å²) in [5, 5.41) is 3.03. The number of nitrogens with zero attached hydrogens (tertiary/aromatic N) is 3. The van der Waals surface area contributed by atoms with Gasteiger partial charge < -0.3 is 19.7 Å². The molecule has 2 aliphatic rings. The Morgan fingerprint density at radius 3 is 2.54 bits per heavy atom. The van der Waals surface area contributed by atoms with Crippen molar-refractivity contribution in [2.75, 3.05) is 6.54 Å². The Labute approximate surface area is 227 Å². The minimum Gasteiger partial charge on any atom is -0.354 e. The van der Waals surface area contributed by atoms with Crippen molar-refractivity contribution in [2.24, 2.45) is 10.9 Å². The predicted octanol–water partition coefficient (Wildman–Crippen LogP) is 4.27. The summed E-state index contributed by atoms with van der Waals surface area (Å²) >= 11 is 0. The first-order chi connectivity index (χ1) is 18.8. The lowest BCUT2D eigenvalue weighted by Crippen LogP contribution is -2.38. The zero-order chi connectivity index (χ0) is 27.5. The predicted molar refractivity (Wildman–Crippen MR) is 146 cm³/mol. The lowest BCUT2D eigenvalue weighted by Gasteiger charge is -2.29. The highest BCUT2D eigenvalue weighted by Gasteiger charge is 2.29. The Kier molecular flexibility index (Phi) is 8.07. The van der Waals surface area contributed by atoms with Gasteiger partial charge in [-0.25, -0.2) is 4.39 Å². The Morgan fingerprint density at radius 1 is 1.10 bits per heavy atom. The zero-order valence-electron chi connectivity index (χ0n) is 22.5. The fraction of sp³-hybridized carbons (Fsp3) is 0.467. The van der Waals surface area contributed by atoms with Crippen molar-refractivity contribution in [2.45, 2.75) is 77.0 Å². The number of carbonyl (C=O) groups is 3. The van der Waals surface area contributed by atoms with Gasteiger partial charge in [0.15, 0.2) is 0 Å². The molecule has 9 heteroatoms. The molecular formula is C30H36FN5O3. The van der Waals surface area contributed by atoms with Crippen LogP contribution in [-0.2, 0) is 16.1 Å². The van der Waals surface area contributed by atoms with Crippen LogP contribution in [0.4, 0.5) is 4.39 Å². The van der Waals surface area contributed by atoms with E-state index in [0.717, 1.165) is 68.0 Å². The van der Waals surface area contributed by atoms with Gasteiger partial charge in [0.05, 0.1) is 17.1 Å². The molecule has 2 heterocycles. The monoisotopic (exact) mass is 533 g/mol. The van der Waals surface area contributed by atoms with Crippen LogP contribution in [0.25, 0.3) is 11.0 Å². The van der Waals surface area contributed by atoms with Gasteiger partial charge in [-0.15, -0.1) is 0 Å². The zero-order valence-corrected chi connectivity index (χ0v) is 22.5. The van der Waals surface area contributed by atoms with E-state index < -0.39 is 11.7 Å². The molecule has 0 unspecified atom stereocenters. The molecule has 5 rings (SSSR count). The average molecular weight is 534 g/mol. The molecule has 1 aliphatic heterocycles. The van der Waals surface area contributed by atoms with Gasteiger partial charge in [-0.05, 0) is 101 Å². The van der Waals surface area contributed by atoms with Crippen molar-refractivity contribution in [1.82, 2.24) is 19.8 Å². The highest BCUT2D eigenvalue weighted by atomic mass is 19.1. The topological polar surface area (TPSA) is 99.6 Å². The summed E-state index contributed by atoms with van der Waals surface area (Å²) in [6.45, 7) is 5.50. The number of imidazole rings is 1. The summed E-state index contributed by atoms with van der Waals surface area (Å²) in [5.74, 6) is -0.789. The molecule has 1 aliphatic carbocycles. The van der Waals surface area contributed by atoms with E-state index in [2.05, 4.69) is 30.8 Å². The molecule has 206 valence electrons. The number of rotatable bonds is 7. The number of benzene rings is 2. The van der Waals surface area contributed by atoms with Crippen LogP contribution in [0.3, 0.4) is 0 Å². The first kappa shape index (κ1) is 27.0. The van der Waals surface area contributed by atoms with E-state index in [0.29, 0.717) is 17.7 Å². The van der Waals surface area contributed by atoms with Gasteiger partial charge >= 0.3 is 0 Å². The van der Waals surface area contributed by atoms with Gasteiger partial charge in [0.25, 0.3) is 5.91 Å². The Hall–Kier alpha value is -3.59. The fourth-order valence-corrected chi connectivity index (χ4v) is 5.92. The number of carbonyl (C=O) groups excluding carboxylic acids is 3. The molecule has 2 aromatic carbocycles. The second kappa shape index (κ2) is 11.7. The number of aromatic nitrogens is 2. The maximum atomic E-state index is 13.4. The molecule has 2 N–H and O–H groups in total. The van der Waals surface area contributed by atoms with Crippen molar-refractivity contribution in [1.29, 1.82) is 0 Å². The average Bonchev–Trinajstić information content (AvgIpc) is 3.52. The molecule has 2 fully saturated rings. The number of amides is 2. The highest BCUT2D eigenvalue weighted by molar-refractivity contribution is 5.95. The summed E-state index contributed by atoms with van der Waals surface area (Å²) in [6, 6.07) is 11.6. The second-order valence-electron chi connectivity index (χ2n) is 11.1. The van der Waals surface area contributed by atoms with E-state index in [-0.39, 0.29) is 30.0 Å². The van der Waals surface area contributed by atoms with Gasteiger partial charge in [0, 0.05) is 30.1 Å². The van der Waals surface area contributed by atoms with E-state index >= 15 is 0 Å². The van der Waals surface area contributed by atoms with Gasteiger partial charge in [-0.2, -0.15) is 4.99 Å². The molecule has 0 bridgehead atoms. The molecular weight excluding hydrogens is 497 g/mol. The standard InChI is InChI=1S/C30H36FN5O3/c1-19(2)32-28(38)22-8-12-24(13-9-22)36-27-16-20(17-35-15-3-4-25(35)18-37)5-14-26(27)33-30(36)34-29(39)21-6-10-23(31)11-7-21/h5-7,10-11,14,16,18-19,22,24-25H,3-4,8-9,12-13,15,17H2,1-2H3,(H,32,38)(H,33,34,39)/t22-,24+,25-/m1/s1. The van der Waals surface area contributed by atoms with Crippen molar-refractivity contribution in [3.05, 3.63) is 65.0 Å². The summed E-state index contributed by atoms with van der Waals surface area (Å²) in [7, 11) is 0. The summed E-state index contributed by atoms with van der Waals surface area (Å²) in [6.07, 6.45) is 6.00. The summed E-state index contributed by atoms with van der Waals surface area (Å²) in [5.41, 5.74) is 3.64. The lowest BCUT2D eigenvalue weighted by molar-refractivity contribution is -0.126. The molecule has 39 heavy (non-hydrogen) atoms. The van der Waals surface area contributed by atoms with Crippen molar-refractivity contribution >= 4 is 29.1 Å². The van der Waals surface area contributed by atoms with E-state index in [1.54, 1.807) is 0 Å². The third kappa shape index (κ3) is 6.03. The molecule has 3 aromatic rings. The molecule has 1 saturated carbocycles.